The maximum absolute atomic E-state index is 13.2. The third kappa shape index (κ3) is 3.76. The van der Waals surface area contributed by atoms with E-state index in [0.717, 1.165) is 35.6 Å². The average Bonchev–Trinajstić information content (AvgIpc) is 3.46. The van der Waals surface area contributed by atoms with E-state index in [2.05, 4.69) is 10.4 Å². The zero-order valence-corrected chi connectivity index (χ0v) is 16.5. The first kappa shape index (κ1) is 18.9. The molecule has 3 aromatic rings. The van der Waals surface area contributed by atoms with Gasteiger partial charge in [0.25, 0.3) is 0 Å². The molecule has 29 heavy (non-hydrogen) atoms. The molecular weight excluding hydrogens is 368 g/mol. The van der Waals surface area contributed by atoms with E-state index in [1.807, 2.05) is 59.6 Å². The van der Waals surface area contributed by atoms with Gasteiger partial charge in [0.15, 0.2) is 0 Å². The van der Waals surface area contributed by atoms with E-state index >= 15 is 0 Å². The Morgan fingerprint density at radius 1 is 1.14 bits per heavy atom. The molecule has 7 nitrogen and oxygen atoms in total. The summed E-state index contributed by atoms with van der Waals surface area (Å²) in [6.45, 7) is 0.681. The van der Waals surface area contributed by atoms with Crippen LogP contribution in [-0.2, 0) is 0 Å². The highest BCUT2D eigenvalue weighted by Gasteiger charge is 2.32. The van der Waals surface area contributed by atoms with Crippen LogP contribution in [0.15, 0.2) is 60.9 Å². The van der Waals surface area contributed by atoms with E-state index in [0.29, 0.717) is 12.2 Å². The quantitative estimate of drug-likeness (QED) is 0.704. The summed E-state index contributed by atoms with van der Waals surface area (Å²) >= 11 is 0. The molecule has 0 spiro atoms. The molecule has 4 rings (SSSR count). The molecule has 1 aliphatic heterocycles. The standard InChI is InChI=1S/C22H24N4O3/c1-28-16-10-11-21(29-2)17(15-16)19-9-5-13-25(19)22(27)24-18-7-3-4-8-20(18)26-14-6-12-23-26/h3-4,6-8,10-12,14-15,19H,5,9,13H2,1-2H3,(H,24,27). The number of rotatable bonds is 5. The van der Waals surface area contributed by atoms with E-state index in [1.165, 1.54) is 0 Å². The largest absolute Gasteiger partial charge is 0.497 e. The Labute approximate surface area is 169 Å². The van der Waals surface area contributed by atoms with Gasteiger partial charge in [-0.3, -0.25) is 0 Å². The first-order valence-electron chi connectivity index (χ1n) is 9.60. The number of para-hydroxylation sites is 2. The highest BCUT2D eigenvalue weighted by Crippen LogP contribution is 2.39. The molecule has 1 fully saturated rings. The molecule has 7 heteroatoms. The molecule has 1 aliphatic rings. The second-order valence-electron chi connectivity index (χ2n) is 6.86. The van der Waals surface area contributed by atoms with Crippen LogP contribution >= 0.6 is 0 Å². The van der Waals surface area contributed by atoms with Crippen LogP contribution in [0.25, 0.3) is 5.69 Å². The molecule has 2 heterocycles. The Morgan fingerprint density at radius 3 is 2.76 bits per heavy atom. The predicted octanol–water partition coefficient (Wildman–Crippen LogP) is 4.26. The van der Waals surface area contributed by atoms with Crippen LogP contribution in [0.1, 0.15) is 24.4 Å². The number of likely N-dealkylation sites (tertiary alicyclic amines) is 1. The van der Waals surface area contributed by atoms with Crippen LogP contribution < -0.4 is 14.8 Å². The van der Waals surface area contributed by atoms with Crippen molar-refractivity contribution in [1.82, 2.24) is 14.7 Å². The number of nitrogens with zero attached hydrogens (tertiary/aromatic N) is 3. The van der Waals surface area contributed by atoms with Crippen molar-refractivity contribution in [2.24, 2.45) is 0 Å². The Bertz CT molecular complexity index is 987. The summed E-state index contributed by atoms with van der Waals surface area (Å²) in [5.41, 5.74) is 2.49. The van der Waals surface area contributed by atoms with Crippen LogP contribution in [0.3, 0.4) is 0 Å². The highest BCUT2D eigenvalue weighted by molar-refractivity contribution is 5.92. The molecule has 0 bridgehead atoms. The SMILES string of the molecule is COc1ccc(OC)c(C2CCCN2C(=O)Nc2ccccc2-n2cccn2)c1. The molecule has 0 radical (unpaired) electrons. The van der Waals surface area contributed by atoms with Gasteiger partial charge in [-0.1, -0.05) is 12.1 Å². The Kier molecular flexibility index (Phi) is 5.37. The number of benzene rings is 2. The minimum Gasteiger partial charge on any atom is -0.497 e. The fourth-order valence-electron chi connectivity index (χ4n) is 3.81. The van der Waals surface area contributed by atoms with Crippen molar-refractivity contribution < 1.29 is 14.3 Å². The van der Waals surface area contributed by atoms with Crippen molar-refractivity contribution in [1.29, 1.82) is 0 Å². The number of hydrogen-bond donors (Lipinski definition) is 1. The first-order valence-corrected chi connectivity index (χ1v) is 9.60. The van der Waals surface area contributed by atoms with Crippen LogP contribution in [0, 0.1) is 0 Å². The number of carbonyl (C=O) groups excluding carboxylic acids is 1. The van der Waals surface area contributed by atoms with E-state index in [1.54, 1.807) is 25.1 Å². The van der Waals surface area contributed by atoms with Gasteiger partial charge < -0.3 is 19.7 Å². The van der Waals surface area contributed by atoms with Crippen LogP contribution in [0.2, 0.25) is 0 Å². The first-order chi connectivity index (χ1) is 14.2. The van der Waals surface area contributed by atoms with Crippen molar-refractivity contribution in [3.05, 3.63) is 66.5 Å². The summed E-state index contributed by atoms with van der Waals surface area (Å²) in [6.07, 6.45) is 5.37. The smallest absolute Gasteiger partial charge is 0.322 e. The van der Waals surface area contributed by atoms with Gasteiger partial charge in [0.05, 0.1) is 31.6 Å². The van der Waals surface area contributed by atoms with E-state index in [4.69, 9.17) is 9.47 Å². The van der Waals surface area contributed by atoms with Crippen molar-refractivity contribution >= 4 is 11.7 Å². The predicted molar refractivity (Wildman–Crippen MR) is 111 cm³/mol. The van der Waals surface area contributed by atoms with Gasteiger partial charge in [0.1, 0.15) is 11.5 Å². The molecule has 0 aliphatic carbocycles. The lowest BCUT2D eigenvalue weighted by Crippen LogP contribution is -2.34. The van der Waals surface area contributed by atoms with Crippen molar-refractivity contribution in [2.45, 2.75) is 18.9 Å². The lowest BCUT2D eigenvalue weighted by molar-refractivity contribution is 0.206. The Hall–Kier alpha value is -3.48. The van der Waals surface area contributed by atoms with Gasteiger partial charge in [0.2, 0.25) is 0 Å². The third-order valence-corrected chi connectivity index (χ3v) is 5.21. The molecule has 2 amide bonds. The molecule has 0 saturated carbocycles. The van der Waals surface area contributed by atoms with Gasteiger partial charge in [0, 0.05) is 24.5 Å². The number of methoxy groups -OCH3 is 2. The second kappa shape index (κ2) is 8.26. The minimum absolute atomic E-state index is 0.0723. The van der Waals surface area contributed by atoms with Crippen molar-refractivity contribution in [3.8, 4) is 17.2 Å². The lowest BCUT2D eigenvalue weighted by Gasteiger charge is -2.27. The van der Waals surface area contributed by atoms with E-state index < -0.39 is 0 Å². The maximum atomic E-state index is 13.2. The second-order valence-corrected chi connectivity index (χ2v) is 6.86. The molecule has 150 valence electrons. The number of urea groups is 1. The summed E-state index contributed by atoms with van der Waals surface area (Å²) in [7, 11) is 3.28. The van der Waals surface area contributed by atoms with Crippen molar-refractivity contribution in [2.75, 3.05) is 26.1 Å². The Morgan fingerprint density at radius 2 is 2.00 bits per heavy atom. The molecule has 1 N–H and O–H groups in total. The summed E-state index contributed by atoms with van der Waals surface area (Å²) in [6, 6.07) is 15.0. The van der Waals surface area contributed by atoms with Gasteiger partial charge >= 0.3 is 6.03 Å². The van der Waals surface area contributed by atoms with Gasteiger partial charge in [-0.05, 0) is 49.2 Å². The number of aromatic nitrogens is 2. The minimum atomic E-state index is -0.142. The number of amides is 2. The molecule has 2 aromatic carbocycles. The fraction of sp³-hybridized carbons (Fsp3) is 0.273. The van der Waals surface area contributed by atoms with Gasteiger partial charge in [-0.25, -0.2) is 9.48 Å². The summed E-state index contributed by atoms with van der Waals surface area (Å²) in [4.78, 5) is 15.0. The van der Waals surface area contributed by atoms with Gasteiger partial charge in [-0.15, -0.1) is 0 Å². The number of hydrogen-bond acceptors (Lipinski definition) is 4. The van der Waals surface area contributed by atoms with Crippen LogP contribution in [-0.4, -0.2) is 41.5 Å². The number of carbonyl (C=O) groups is 1. The van der Waals surface area contributed by atoms with Gasteiger partial charge in [-0.2, -0.15) is 5.10 Å². The van der Waals surface area contributed by atoms with E-state index in [9.17, 15) is 4.79 Å². The Balaban J connectivity index is 1.60. The maximum Gasteiger partial charge on any atom is 0.322 e. The lowest BCUT2D eigenvalue weighted by atomic mass is 10.0. The van der Waals surface area contributed by atoms with Crippen LogP contribution in [0.4, 0.5) is 10.5 Å². The molecular formula is C22H24N4O3. The normalized spacial score (nSPS) is 15.9. The van der Waals surface area contributed by atoms with E-state index in [-0.39, 0.29) is 12.1 Å². The average molecular weight is 392 g/mol. The number of anilines is 1. The summed E-state index contributed by atoms with van der Waals surface area (Å²) in [5, 5.41) is 7.34. The number of nitrogens with one attached hydrogen (secondary N) is 1. The fourth-order valence-corrected chi connectivity index (χ4v) is 3.81. The highest BCUT2D eigenvalue weighted by atomic mass is 16.5. The zero-order valence-electron chi connectivity index (χ0n) is 16.5. The molecule has 1 unspecified atom stereocenters. The van der Waals surface area contributed by atoms with Crippen molar-refractivity contribution in [3.63, 3.8) is 0 Å². The monoisotopic (exact) mass is 392 g/mol. The molecule has 1 atom stereocenters. The zero-order chi connectivity index (χ0) is 20.2. The van der Waals surface area contributed by atoms with Crippen LogP contribution in [0.5, 0.6) is 11.5 Å². The molecule has 1 aromatic heterocycles. The molecule has 1 saturated heterocycles. The third-order valence-electron chi connectivity index (χ3n) is 5.21. The summed E-state index contributed by atoms with van der Waals surface area (Å²) < 4.78 is 12.7. The number of ether oxygens (including phenoxy) is 2. The summed E-state index contributed by atoms with van der Waals surface area (Å²) in [5.74, 6) is 1.50. The topological polar surface area (TPSA) is 68.6 Å².